The summed E-state index contributed by atoms with van der Waals surface area (Å²) in [7, 11) is 0. The number of rotatable bonds is 5. The van der Waals surface area contributed by atoms with Gasteiger partial charge in [-0.3, -0.25) is 0 Å². The van der Waals surface area contributed by atoms with E-state index >= 15 is 0 Å². The second-order valence-corrected chi connectivity index (χ2v) is 5.00. The number of carbonyl (C=O) groups is 1. The first-order valence-electron chi connectivity index (χ1n) is 6.37. The van der Waals surface area contributed by atoms with Crippen LogP contribution in [-0.2, 0) is 11.2 Å². The summed E-state index contributed by atoms with van der Waals surface area (Å²) >= 11 is 0. The van der Waals surface area contributed by atoms with E-state index in [1.54, 1.807) is 6.07 Å². The average molecular weight is 248 g/mol. The number of fused-ring (bicyclic) bond motifs is 1. The average Bonchev–Trinajstić information content (AvgIpc) is 3.06. The van der Waals surface area contributed by atoms with Crippen molar-refractivity contribution in [1.82, 2.24) is 0 Å². The van der Waals surface area contributed by atoms with E-state index in [1.807, 2.05) is 12.1 Å². The molecule has 96 valence electrons. The lowest BCUT2D eigenvalue weighted by atomic mass is 10.1. The Morgan fingerprint density at radius 3 is 3.00 bits per heavy atom. The molecule has 0 spiro atoms. The highest BCUT2D eigenvalue weighted by molar-refractivity contribution is 5.74. The molecule has 0 bridgehead atoms. The normalized spacial score (nSPS) is 21.2. The van der Waals surface area contributed by atoms with Crippen LogP contribution in [0.15, 0.2) is 18.2 Å². The maximum absolute atomic E-state index is 10.9. The van der Waals surface area contributed by atoms with Crippen LogP contribution in [0.4, 0.5) is 0 Å². The third-order valence-electron chi connectivity index (χ3n) is 3.48. The first-order valence-corrected chi connectivity index (χ1v) is 6.37. The van der Waals surface area contributed by atoms with Gasteiger partial charge in [0, 0.05) is 12.5 Å². The van der Waals surface area contributed by atoms with Gasteiger partial charge in [-0.05, 0) is 24.0 Å². The molecule has 1 aliphatic carbocycles. The van der Waals surface area contributed by atoms with E-state index in [-0.39, 0.29) is 0 Å². The van der Waals surface area contributed by atoms with Gasteiger partial charge in [-0.25, -0.2) is 4.79 Å². The lowest BCUT2D eigenvalue weighted by Crippen LogP contribution is -2.24. The minimum Gasteiger partial charge on any atom is -0.493 e. The number of hydrogen-bond donors (Lipinski definition) is 1. The van der Waals surface area contributed by atoms with Gasteiger partial charge in [0.2, 0.25) is 0 Å². The molecule has 0 saturated heterocycles. The molecular weight excluding hydrogens is 232 g/mol. The summed E-state index contributed by atoms with van der Waals surface area (Å²) in [5.74, 6) is 1.35. The number of carboxylic acid groups (broad SMARTS) is 1. The van der Waals surface area contributed by atoms with Crippen molar-refractivity contribution in [3.8, 4) is 11.5 Å². The Bertz CT molecular complexity index is 465. The standard InChI is InChI=1S/C14H16O4/c15-14(16)13-7-10-3-4-11(8-12(10)18-13)17-6-5-9-1-2-9/h3-4,8-9,13H,1-2,5-7H2,(H,15,16). The predicted molar refractivity (Wildman–Crippen MR) is 65.0 cm³/mol. The van der Waals surface area contributed by atoms with Gasteiger partial charge in [0.15, 0.2) is 6.10 Å². The Hall–Kier alpha value is -1.71. The highest BCUT2D eigenvalue weighted by Gasteiger charge is 2.29. The number of aliphatic carboxylic acids is 1. The van der Waals surface area contributed by atoms with E-state index in [0.717, 1.165) is 30.3 Å². The highest BCUT2D eigenvalue weighted by Crippen LogP contribution is 2.34. The topological polar surface area (TPSA) is 55.8 Å². The molecular formula is C14H16O4. The van der Waals surface area contributed by atoms with E-state index in [1.165, 1.54) is 12.8 Å². The minimum absolute atomic E-state index is 0.438. The van der Waals surface area contributed by atoms with E-state index in [9.17, 15) is 4.79 Å². The molecule has 2 aliphatic rings. The van der Waals surface area contributed by atoms with E-state index in [2.05, 4.69) is 0 Å². The zero-order chi connectivity index (χ0) is 12.5. The van der Waals surface area contributed by atoms with Gasteiger partial charge in [-0.1, -0.05) is 18.9 Å². The molecule has 1 saturated carbocycles. The third kappa shape index (κ3) is 2.42. The quantitative estimate of drug-likeness (QED) is 0.868. The fourth-order valence-corrected chi connectivity index (χ4v) is 2.19. The summed E-state index contributed by atoms with van der Waals surface area (Å²) in [6.45, 7) is 0.728. The van der Waals surface area contributed by atoms with Crippen LogP contribution in [0.1, 0.15) is 24.8 Å². The molecule has 1 aliphatic heterocycles. The van der Waals surface area contributed by atoms with Crippen LogP contribution in [0.25, 0.3) is 0 Å². The zero-order valence-corrected chi connectivity index (χ0v) is 10.1. The Labute approximate surface area is 106 Å². The van der Waals surface area contributed by atoms with Gasteiger partial charge in [-0.15, -0.1) is 0 Å². The molecule has 0 radical (unpaired) electrons. The summed E-state index contributed by atoms with van der Waals surface area (Å²) in [5.41, 5.74) is 0.942. The Kier molecular flexibility index (Phi) is 2.86. The molecule has 1 N–H and O–H groups in total. The summed E-state index contributed by atoms with van der Waals surface area (Å²) in [6, 6.07) is 5.58. The van der Waals surface area contributed by atoms with Crippen LogP contribution in [0, 0.1) is 5.92 Å². The summed E-state index contributed by atoms with van der Waals surface area (Å²) in [5, 5.41) is 8.91. The first kappa shape index (κ1) is 11.4. The molecule has 4 heteroatoms. The molecule has 1 unspecified atom stereocenters. The van der Waals surface area contributed by atoms with Crippen molar-refractivity contribution in [2.75, 3.05) is 6.61 Å². The van der Waals surface area contributed by atoms with Gasteiger partial charge >= 0.3 is 5.97 Å². The van der Waals surface area contributed by atoms with Gasteiger partial charge in [0.05, 0.1) is 6.61 Å². The minimum atomic E-state index is -0.914. The van der Waals surface area contributed by atoms with E-state index in [4.69, 9.17) is 14.6 Å². The van der Waals surface area contributed by atoms with Crippen molar-refractivity contribution in [2.24, 2.45) is 5.92 Å². The van der Waals surface area contributed by atoms with Gasteiger partial charge in [0.1, 0.15) is 11.5 Å². The van der Waals surface area contributed by atoms with Crippen molar-refractivity contribution in [2.45, 2.75) is 31.8 Å². The van der Waals surface area contributed by atoms with E-state index < -0.39 is 12.1 Å². The second kappa shape index (κ2) is 4.52. The summed E-state index contributed by atoms with van der Waals surface area (Å²) < 4.78 is 11.0. The third-order valence-corrected chi connectivity index (χ3v) is 3.48. The van der Waals surface area contributed by atoms with Crippen LogP contribution in [0.5, 0.6) is 11.5 Å². The lowest BCUT2D eigenvalue weighted by molar-refractivity contribution is -0.144. The second-order valence-electron chi connectivity index (χ2n) is 5.00. The van der Waals surface area contributed by atoms with Crippen LogP contribution in [0.2, 0.25) is 0 Å². The smallest absolute Gasteiger partial charge is 0.345 e. The van der Waals surface area contributed by atoms with Crippen molar-refractivity contribution in [3.05, 3.63) is 23.8 Å². The molecule has 1 aromatic carbocycles. The fraction of sp³-hybridized carbons (Fsp3) is 0.500. The van der Waals surface area contributed by atoms with Gasteiger partial charge in [0.25, 0.3) is 0 Å². The molecule has 1 fully saturated rings. The molecule has 1 heterocycles. The Balaban J connectivity index is 1.61. The van der Waals surface area contributed by atoms with Crippen molar-refractivity contribution in [1.29, 1.82) is 0 Å². The Morgan fingerprint density at radius 2 is 2.28 bits per heavy atom. The van der Waals surface area contributed by atoms with Gasteiger partial charge in [-0.2, -0.15) is 0 Å². The number of ether oxygens (including phenoxy) is 2. The largest absolute Gasteiger partial charge is 0.493 e. The van der Waals surface area contributed by atoms with Crippen molar-refractivity contribution in [3.63, 3.8) is 0 Å². The molecule has 0 amide bonds. The highest BCUT2D eigenvalue weighted by atomic mass is 16.5. The number of hydrogen-bond acceptors (Lipinski definition) is 3. The molecule has 1 aromatic rings. The lowest BCUT2D eigenvalue weighted by Gasteiger charge is -2.07. The predicted octanol–water partition coefficient (Wildman–Crippen LogP) is 2.25. The monoisotopic (exact) mass is 248 g/mol. The maximum Gasteiger partial charge on any atom is 0.345 e. The molecule has 4 nitrogen and oxygen atoms in total. The first-order chi connectivity index (χ1) is 8.72. The SMILES string of the molecule is O=C(O)C1Cc2ccc(OCCC3CC3)cc2O1. The molecule has 0 aromatic heterocycles. The van der Waals surface area contributed by atoms with Crippen LogP contribution in [0.3, 0.4) is 0 Å². The van der Waals surface area contributed by atoms with Crippen LogP contribution < -0.4 is 9.47 Å². The Morgan fingerprint density at radius 1 is 1.44 bits per heavy atom. The fourth-order valence-electron chi connectivity index (χ4n) is 2.19. The zero-order valence-electron chi connectivity index (χ0n) is 10.1. The molecule has 1 atom stereocenters. The summed E-state index contributed by atoms with van der Waals surface area (Å²) in [6.07, 6.45) is 3.46. The van der Waals surface area contributed by atoms with Gasteiger partial charge < -0.3 is 14.6 Å². The molecule has 18 heavy (non-hydrogen) atoms. The maximum atomic E-state index is 10.9. The van der Waals surface area contributed by atoms with Crippen LogP contribution >= 0.6 is 0 Å². The van der Waals surface area contributed by atoms with E-state index in [0.29, 0.717) is 12.2 Å². The van der Waals surface area contributed by atoms with Crippen molar-refractivity contribution >= 4 is 5.97 Å². The number of benzene rings is 1. The number of carboxylic acids is 1. The van der Waals surface area contributed by atoms with Crippen LogP contribution in [-0.4, -0.2) is 23.8 Å². The van der Waals surface area contributed by atoms with Crippen molar-refractivity contribution < 1.29 is 19.4 Å². The molecule has 3 rings (SSSR count). The summed E-state index contributed by atoms with van der Waals surface area (Å²) in [4.78, 5) is 10.9.